The van der Waals surface area contributed by atoms with Crippen LogP contribution in [0, 0.1) is 5.92 Å². The van der Waals surface area contributed by atoms with Gasteiger partial charge in [0, 0.05) is 19.6 Å². The van der Waals surface area contributed by atoms with Gasteiger partial charge >= 0.3 is 6.09 Å². The van der Waals surface area contributed by atoms with Crippen molar-refractivity contribution in [3.05, 3.63) is 17.3 Å². The quantitative estimate of drug-likeness (QED) is 0.831. The number of ether oxygens (including phenoxy) is 1. The van der Waals surface area contributed by atoms with Crippen molar-refractivity contribution in [3.63, 3.8) is 0 Å². The molecule has 2 heterocycles. The maximum absolute atomic E-state index is 12.6. The molecule has 1 saturated heterocycles. The average Bonchev–Trinajstić information content (AvgIpc) is 3.19. The van der Waals surface area contributed by atoms with Gasteiger partial charge in [0.25, 0.3) is 0 Å². The summed E-state index contributed by atoms with van der Waals surface area (Å²) >= 11 is 5.80. The number of hydrogen-bond acceptors (Lipinski definition) is 5. The molecule has 1 aromatic heterocycles. The molecular weight excluding hydrogens is 328 g/mol. The fourth-order valence-corrected chi connectivity index (χ4v) is 3.05. The first-order valence-electron chi connectivity index (χ1n) is 8.55. The van der Waals surface area contributed by atoms with Gasteiger partial charge in [0.2, 0.25) is 0 Å². The lowest BCUT2D eigenvalue weighted by Crippen LogP contribution is -2.45. The second kappa shape index (κ2) is 6.75. The maximum atomic E-state index is 12.6. The van der Waals surface area contributed by atoms with E-state index in [1.807, 2.05) is 31.7 Å². The van der Waals surface area contributed by atoms with Gasteiger partial charge in [-0.1, -0.05) is 11.6 Å². The van der Waals surface area contributed by atoms with Crippen LogP contribution >= 0.6 is 11.6 Å². The fraction of sp³-hybridized carbons (Fsp3) is 0.706. The zero-order valence-corrected chi connectivity index (χ0v) is 15.3. The molecule has 1 amide bonds. The van der Waals surface area contributed by atoms with E-state index in [4.69, 9.17) is 16.3 Å². The van der Waals surface area contributed by atoms with Gasteiger partial charge in [-0.15, -0.1) is 10.2 Å². The summed E-state index contributed by atoms with van der Waals surface area (Å²) in [6, 6.07) is 3.77. The normalized spacial score (nSPS) is 21.0. The van der Waals surface area contributed by atoms with Gasteiger partial charge in [-0.2, -0.15) is 0 Å². The summed E-state index contributed by atoms with van der Waals surface area (Å²) in [5.41, 5.74) is -0.473. The highest BCUT2D eigenvalue weighted by atomic mass is 35.5. The third-order valence-corrected chi connectivity index (χ3v) is 4.53. The first kappa shape index (κ1) is 17.3. The molecule has 1 aliphatic carbocycles. The van der Waals surface area contributed by atoms with Crippen LogP contribution in [-0.4, -0.2) is 52.5 Å². The van der Waals surface area contributed by atoms with Crippen molar-refractivity contribution >= 4 is 23.5 Å². The molecule has 132 valence electrons. The molecule has 7 heteroatoms. The average molecular weight is 353 g/mol. The highest BCUT2D eigenvalue weighted by Crippen LogP contribution is 2.32. The number of anilines is 1. The van der Waals surface area contributed by atoms with Crippen LogP contribution in [0.5, 0.6) is 0 Å². The Bertz CT molecular complexity index is 583. The Morgan fingerprint density at radius 2 is 2.08 bits per heavy atom. The van der Waals surface area contributed by atoms with E-state index in [1.165, 1.54) is 12.8 Å². The number of carbonyl (C=O) groups excluding carboxylic acids is 1. The summed E-state index contributed by atoms with van der Waals surface area (Å²) in [6.45, 7) is 8.12. The predicted molar refractivity (Wildman–Crippen MR) is 93.3 cm³/mol. The summed E-state index contributed by atoms with van der Waals surface area (Å²) < 4.78 is 5.62. The van der Waals surface area contributed by atoms with Crippen molar-refractivity contribution in [2.24, 2.45) is 5.92 Å². The Morgan fingerprint density at radius 1 is 1.33 bits per heavy atom. The second-order valence-electron chi connectivity index (χ2n) is 7.68. The van der Waals surface area contributed by atoms with E-state index in [2.05, 4.69) is 15.1 Å². The van der Waals surface area contributed by atoms with E-state index in [9.17, 15) is 4.79 Å². The highest BCUT2D eigenvalue weighted by molar-refractivity contribution is 6.29. The summed E-state index contributed by atoms with van der Waals surface area (Å²) in [4.78, 5) is 16.7. The standard InChI is InChI=1S/C17H25ClN4O2/c1-17(2,3)24-16(23)22(10-12-4-5-12)13-8-9-21(11-13)15-7-6-14(18)19-20-15/h6-7,12-13H,4-5,8-11H2,1-3H3. The van der Waals surface area contributed by atoms with Gasteiger partial charge in [-0.3, -0.25) is 0 Å². The topological polar surface area (TPSA) is 58.6 Å². The van der Waals surface area contributed by atoms with Crippen LogP contribution in [0.2, 0.25) is 5.15 Å². The van der Waals surface area contributed by atoms with Gasteiger partial charge in [-0.25, -0.2) is 4.79 Å². The minimum Gasteiger partial charge on any atom is -0.444 e. The molecule has 0 bridgehead atoms. The van der Waals surface area contributed by atoms with Crippen molar-refractivity contribution in [1.82, 2.24) is 15.1 Å². The van der Waals surface area contributed by atoms with Crippen LogP contribution in [0.1, 0.15) is 40.0 Å². The number of rotatable bonds is 4. The van der Waals surface area contributed by atoms with Gasteiger partial charge in [-0.05, 0) is 58.1 Å². The van der Waals surface area contributed by atoms with Crippen LogP contribution in [0.3, 0.4) is 0 Å². The molecule has 3 rings (SSSR count). The molecule has 1 aromatic rings. The molecule has 1 aliphatic heterocycles. The minimum absolute atomic E-state index is 0.151. The van der Waals surface area contributed by atoms with Gasteiger partial charge < -0.3 is 14.5 Å². The number of halogens is 1. The first-order chi connectivity index (χ1) is 11.3. The van der Waals surface area contributed by atoms with Crippen molar-refractivity contribution in [2.45, 2.75) is 51.7 Å². The Balaban J connectivity index is 1.67. The fourth-order valence-electron chi connectivity index (χ4n) is 2.95. The van der Waals surface area contributed by atoms with E-state index in [-0.39, 0.29) is 12.1 Å². The number of amides is 1. The van der Waals surface area contributed by atoms with Crippen LogP contribution in [-0.2, 0) is 4.74 Å². The van der Waals surface area contributed by atoms with Crippen LogP contribution in [0.4, 0.5) is 10.6 Å². The Kier molecular flexibility index (Phi) is 4.85. The van der Waals surface area contributed by atoms with Crippen LogP contribution in [0.15, 0.2) is 12.1 Å². The smallest absolute Gasteiger partial charge is 0.410 e. The van der Waals surface area contributed by atoms with E-state index < -0.39 is 5.60 Å². The molecule has 24 heavy (non-hydrogen) atoms. The Hall–Kier alpha value is -1.56. The van der Waals surface area contributed by atoms with Crippen LogP contribution < -0.4 is 4.90 Å². The molecule has 2 fully saturated rings. The van der Waals surface area contributed by atoms with Crippen molar-refractivity contribution in [3.8, 4) is 0 Å². The van der Waals surface area contributed by atoms with Crippen LogP contribution in [0.25, 0.3) is 0 Å². The molecule has 1 atom stereocenters. The minimum atomic E-state index is -0.473. The predicted octanol–water partition coefficient (Wildman–Crippen LogP) is 3.36. The molecule has 0 N–H and O–H groups in total. The highest BCUT2D eigenvalue weighted by Gasteiger charge is 2.37. The van der Waals surface area contributed by atoms with Gasteiger partial charge in [0.1, 0.15) is 5.60 Å². The monoisotopic (exact) mass is 352 g/mol. The van der Waals surface area contributed by atoms with E-state index >= 15 is 0 Å². The number of carbonyl (C=O) groups is 1. The summed E-state index contributed by atoms with van der Waals surface area (Å²) in [7, 11) is 0. The molecule has 2 aliphatic rings. The maximum Gasteiger partial charge on any atom is 0.410 e. The summed E-state index contributed by atoms with van der Waals surface area (Å²) in [5, 5.41) is 8.43. The molecule has 1 saturated carbocycles. The molecule has 6 nitrogen and oxygen atoms in total. The second-order valence-corrected chi connectivity index (χ2v) is 8.07. The Morgan fingerprint density at radius 3 is 2.67 bits per heavy atom. The number of aromatic nitrogens is 2. The molecule has 0 aromatic carbocycles. The lowest BCUT2D eigenvalue weighted by molar-refractivity contribution is 0.0167. The largest absolute Gasteiger partial charge is 0.444 e. The number of nitrogens with zero attached hydrogens (tertiary/aromatic N) is 4. The van der Waals surface area contributed by atoms with Crippen molar-refractivity contribution in [2.75, 3.05) is 24.5 Å². The number of hydrogen-bond donors (Lipinski definition) is 0. The third-order valence-electron chi connectivity index (χ3n) is 4.33. The molecule has 0 spiro atoms. The SMILES string of the molecule is CC(C)(C)OC(=O)N(CC1CC1)C1CCN(c2ccc(Cl)nn2)C1. The molecule has 0 radical (unpaired) electrons. The molecule has 1 unspecified atom stereocenters. The zero-order chi connectivity index (χ0) is 17.3. The van der Waals surface area contributed by atoms with E-state index in [0.29, 0.717) is 11.1 Å². The summed E-state index contributed by atoms with van der Waals surface area (Å²) in [6.07, 6.45) is 3.12. The first-order valence-corrected chi connectivity index (χ1v) is 8.93. The zero-order valence-electron chi connectivity index (χ0n) is 14.5. The van der Waals surface area contributed by atoms with Crippen molar-refractivity contribution in [1.29, 1.82) is 0 Å². The van der Waals surface area contributed by atoms with Gasteiger partial charge in [0.15, 0.2) is 11.0 Å². The van der Waals surface area contributed by atoms with E-state index in [0.717, 1.165) is 31.9 Å². The van der Waals surface area contributed by atoms with E-state index in [1.54, 1.807) is 6.07 Å². The summed E-state index contributed by atoms with van der Waals surface area (Å²) in [5.74, 6) is 1.43. The lowest BCUT2D eigenvalue weighted by atomic mass is 10.2. The van der Waals surface area contributed by atoms with Gasteiger partial charge in [0.05, 0.1) is 6.04 Å². The Labute approximate surface area is 148 Å². The lowest BCUT2D eigenvalue weighted by Gasteiger charge is -2.31. The molecular formula is C17H25ClN4O2. The van der Waals surface area contributed by atoms with Crippen molar-refractivity contribution < 1.29 is 9.53 Å². The third kappa shape index (κ3) is 4.50.